The number of benzene rings is 1. The molecule has 1 aromatic carbocycles. The molecule has 21 heavy (non-hydrogen) atoms. The van der Waals surface area contributed by atoms with E-state index in [4.69, 9.17) is 0 Å². The minimum Gasteiger partial charge on any atom is -0.366 e. The van der Waals surface area contributed by atoms with Crippen molar-refractivity contribution in [3.8, 4) is 0 Å². The number of halogens is 1. The largest absolute Gasteiger partial charge is 0.366 e. The van der Waals surface area contributed by atoms with Gasteiger partial charge in [0, 0.05) is 38.3 Å². The van der Waals surface area contributed by atoms with Crippen molar-refractivity contribution in [3.63, 3.8) is 0 Å². The van der Waals surface area contributed by atoms with Crippen molar-refractivity contribution in [2.45, 2.75) is 44.3 Å². The van der Waals surface area contributed by atoms with E-state index in [9.17, 15) is 4.39 Å². The molecular weight excluding hydrogens is 265 g/mol. The van der Waals surface area contributed by atoms with Crippen molar-refractivity contribution in [1.29, 1.82) is 0 Å². The molecular formula is C17H24FN3. The zero-order valence-electron chi connectivity index (χ0n) is 12.5. The number of para-hydroxylation sites is 1. The summed E-state index contributed by atoms with van der Waals surface area (Å²) < 4.78 is 14.4. The molecule has 2 heterocycles. The average molecular weight is 289 g/mol. The Balaban J connectivity index is 1.54. The highest BCUT2D eigenvalue weighted by molar-refractivity contribution is 5.55. The lowest BCUT2D eigenvalue weighted by Crippen LogP contribution is -2.50. The Kier molecular flexibility index (Phi) is 3.59. The van der Waals surface area contributed by atoms with Gasteiger partial charge in [-0.1, -0.05) is 12.1 Å². The van der Waals surface area contributed by atoms with Crippen molar-refractivity contribution < 1.29 is 4.39 Å². The number of hydrogen-bond acceptors (Lipinski definition) is 3. The van der Waals surface area contributed by atoms with E-state index in [-0.39, 0.29) is 5.82 Å². The lowest BCUT2D eigenvalue weighted by atomic mass is 10.1. The highest BCUT2D eigenvalue weighted by Crippen LogP contribution is 2.30. The van der Waals surface area contributed by atoms with Crippen LogP contribution >= 0.6 is 0 Å². The predicted molar refractivity (Wildman–Crippen MR) is 83.1 cm³/mol. The Morgan fingerprint density at radius 1 is 1.14 bits per heavy atom. The van der Waals surface area contributed by atoms with Crippen LogP contribution in [0.1, 0.15) is 31.2 Å². The summed E-state index contributed by atoms with van der Waals surface area (Å²) in [5.74, 6) is -0.0588. The Morgan fingerprint density at radius 3 is 2.90 bits per heavy atom. The summed E-state index contributed by atoms with van der Waals surface area (Å²) in [5.41, 5.74) is 1.96. The molecule has 0 amide bonds. The Labute approximate surface area is 126 Å². The van der Waals surface area contributed by atoms with Crippen LogP contribution in [-0.2, 0) is 6.54 Å². The molecule has 0 radical (unpaired) electrons. The van der Waals surface area contributed by atoms with Gasteiger partial charge in [0.1, 0.15) is 5.82 Å². The molecule has 0 spiro atoms. The van der Waals surface area contributed by atoms with E-state index in [1.165, 1.54) is 32.2 Å². The summed E-state index contributed by atoms with van der Waals surface area (Å²) in [7, 11) is 0. The third kappa shape index (κ3) is 2.79. The Morgan fingerprint density at radius 2 is 2.05 bits per heavy atom. The molecule has 4 rings (SSSR count). The number of hydrogen-bond donors (Lipinski definition) is 1. The monoisotopic (exact) mass is 289 g/mol. The minimum absolute atomic E-state index is 0.0588. The van der Waals surface area contributed by atoms with Gasteiger partial charge in [-0.3, -0.25) is 4.90 Å². The highest BCUT2D eigenvalue weighted by Gasteiger charge is 2.32. The van der Waals surface area contributed by atoms with Crippen LogP contribution in [0, 0.1) is 5.82 Å². The Bertz CT molecular complexity index is 515. The Hall–Kier alpha value is -1.13. The van der Waals surface area contributed by atoms with Gasteiger partial charge >= 0.3 is 0 Å². The van der Waals surface area contributed by atoms with Crippen LogP contribution in [0.15, 0.2) is 18.2 Å². The molecule has 0 bridgehead atoms. The van der Waals surface area contributed by atoms with Gasteiger partial charge in [-0.25, -0.2) is 4.39 Å². The van der Waals surface area contributed by atoms with Crippen LogP contribution in [0.4, 0.5) is 10.1 Å². The summed E-state index contributed by atoms with van der Waals surface area (Å²) in [6.07, 6.45) is 5.10. The zero-order valence-corrected chi connectivity index (χ0v) is 12.5. The molecule has 3 nitrogen and oxygen atoms in total. The second-order valence-electron chi connectivity index (χ2n) is 6.68. The highest BCUT2D eigenvalue weighted by atomic mass is 19.1. The summed E-state index contributed by atoms with van der Waals surface area (Å²) in [6, 6.07) is 6.82. The molecule has 3 fully saturated rings. The third-order valence-corrected chi connectivity index (χ3v) is 5.13. The van der Waals surface area contributed by atoms with E-state index < -0.39 is 0 Å². The number of fused-ring (bicyclic) bond motifs is 1. The van der Waals surface area contributed by atoms with E-state index in [0.29, 0.717) is 12.1 Å². The number of piperazine rings is 1. The maximum atomic E-state index is 14.4. The molecule has 1 aliphatic carbocycles. The first-order valence-electron chi connectivity index (χ1n) is 8.31. The van der Waals surface area contributed by atoms with Gasteiger partial charge in [-0.05, 0) is 43.9 Å². The molecule has 3 aliphatic rings. The molecule has 0 aromatic heterocycles. The second-order valence-corrected chi connectivity index (χ2v) is 6.68. The maximum Gasteiger partial charge on any atom is 0.146 e. The van der Waals surface area contributed by atoms with Crippen LogP contribution in [0.3, 0.4) is 0 Å². The lowest BCUT2D eigenvalue weighted by molar-refractivity contribution is 0.230. The van der Waals surface area contributed by atoms with E-state index in [1.807, 2.05) is 6.07 Å². The van der Waals surface area contributed by atoms with E-state index in [0.717, 1.165) is 37.4 Å². The molecule has 1 atom stereocenters. The summed E-state index contributed by atoms with van der Waals surface area (Å²) >= 11 is 0. The number of anilines is 1. The standard InChI is InChI=1S/C17H24FN3/c18-16-5-1-3-13(11-19-14-6-7-14)17(16)21-10-9-20-8-2-4-15(20)12-21/h1,3,5,14-15,19H,2,4,6-12H2. The van der Waals surface area contributed by atoms with Gasteiger partial charge in [-0.2, -0.15) is 0 Å². The fourth-order valence-electron chi connectivity index (χ4n) is 3.79. The van der Waals surface area contributed by atoms with Gasteiger partial charge in [-0.15, -0.1) is 0 Å². The first-order chi connectivity index (χ1) is 10.3. The molecule has 2 saturated heterocycles. The van der Waals surface area contributed by atoms with Gasteiger partial charge in [0.25, 0.3) is 0 Å². The van der Waals surface area contributed by atoms with Crippen LogP contribution < -0.4 is 10.2 Å². The predicted octanol–water partition coefficient (Wildman–Crippen LogP) is 2.36. The van der Waals surface area contributed by atoms with Crippen LogP contribution in [0.25, 0.3) is 0 Å². The van der Waals surface area contributed by atoms with Crippen LogP contribution in [0.2, 0.25) is 0 Å². The summed E-state index contributed by atoms with van der Waals surface area (Å²) in [5, 5.41) is 3.52. The van der Waals surface area contributed by atoms with Crippen LogP contribution in [-0.4, -0.2) is 43.2 Å². The van der Waals surface area contributed by atoms with Gasteiger partial charge < -0.3 is 10.2 Å². The van der Waals surface area contributed by atoms with Gasteiger partial charge in [0.2, 0.25) is 0 Å². The molecule has 1 saturated carbocycles. The number of nitrogens with one attached hydrogen (secondary N) is 1. The number of nitrogens with zero attached hydrogens (tertiary/aromatic N) is 2. The minimum atomic E-state index is -0.0588. The lowest BCUT2D eigenvalue weighted by Gasteiger charge is -2.39. The topological polar surface area (TPSA) is 18.5 Å². The van der Waals surface area contributed by atoms with Crippen molar-refractivity contribution >= 4 is 5.69 Å². The fraction of sp³-hybridized carbons (Fsp3) is 0.647. The van der Waals surface area contributed by atoms with Gasteiger partial charge in [0.05, 0.1) is 5.69 Å². The van der Waals surface area contributed by atoms with E-state index in [2.05, 4.69) is 21.2 Å². The maximum absolute atomic E-state index is 14.4. The molecule has 1 aromatic rings. The molecule has 4 heteroatoms. The second kappa shape index (κ2) is 5.58. The molecule has 114 valence electrons. The van der Waals surface area contributed by atoms with E-state index >= 15 is 0 Å². The summed E-state index contributed by atoms with van der Waals surface area (Å²) in [6.45, 7) is 5.04. The van der Waals surface area contributed by atoms with Crippen LogP contribution in [0.5, 0.6) is 0 Å². The smallest absolute Gasteiger partial charge is 0.146 e. The average Bonchev–Trinajstić information content (AvgIpc) is 3.20. The summed E-state index contributed by atoms with van der Waals surface area (Å²) in [4.78, 5) is 4.85. The van der Waals surface area contributed by atoms with Crippen molar-refractivity contribution in [3.05, 3.63) is 29.6 Å². The van der Waals surface area contributed by atoms with Crippen molar-refractivity contribution in [1.82, 2.24) is 10.2 Å². The first kappa shape index (κ1) is 13.5. The third-order valence-electron chi connectivity index (χ3n) is 5.13. The van der Waals surface area contributed by atoms with Crippen molar-refractivity contribution in [2.75, 3.05) is 31.1 Å². The van der Waals surface area contributed by atoms with Crippen molar-refractivity contribution in [2.24, 2.45) is 0 Å². The molecule has 1 unspecified atom stereocenters. The van der Waals surface area contributed by atoms with Gasteiger partial charge in [0.15, 0.2) is 0 Å². The number of rotatable bonds is 4. The zero-order chi connectivity index (χ0) is 14.2. The molecule has 1 N–H and O–H groups in total. The SMILES string of the molecule is Fc1cccc(CNC2CC2)c1N1CCN2CCCC2C1. The normalized spacial score (nSPS) is 26.1. The van der Waals surface area contributed by atoms with E-state index in [1.54, 1.807) is 6.07 Å². The molecule has 2 aliphatic heterocycles. The quantitative estimate of drug-likeness (QED) is 0.918. The fourth-order valence-corrected chi connectivity index (χ4v) is 3.79. The first-order valence-corrected chi connectivity index (χ1v) is 8.31.